The SMILES string of the molecule is CCc1ccc(-c2ccc(C#Cc3ccc4cc(F)ccc4c3)cc2)c(F)c1. The van der Waals surface area contributed by atoms with Gasteiger partial charge in [0.1, 0.15) is 11.6 Å². The molecule has 4 aromatic rings. The summed E-state index contributed by atoms with van der Waals surface area (Å²) in [4.78, 5) is 0. The number of halogens is 2. The molecule has 136 valence electrons. The van der Waals surface area contributed by atoms with Crippen molar-refractivity contribution < 1.29 is 8.78 Å². The molecule has 0 radical (unpaired) electrons. The zero-order valence-electron chi connectivity index (χ0n) is 15.5. The van der Waals surface area contributed by atoms with E-state index in [9.17, 15) is 8.78 Å². The van der Waals surface area contributed by atoms with E-state index in [1.165, 1.54) is 12.1 Å². The molecule has 0 aliphatic rings. The number of rotatable bonds is 2. The number of fused-ring (bicyclic) bond motifs is 1. The van der Waals surface area contributed by atoms with E-state index >= 15 is 0 Å². The van der Waals surface area contributed by atoms with Gasteiger partial charge in [-0.15, -0.1) is 0 Å². The summed E-state index contributed by atoms with van der Waals surface area (Å²) >= 11 is 0. The summed E-state index contributed by atoms with van der Waals surface area (Å²) in [6, 6.07) is 23.3. The van der Waals surface area contributed by atoms with Crippen molar-refractivity contribution in [3.63, 3.8) is 0 Å². The van der Waals surface area contributed by atoms with Gasteiger partial charge in [0, 0.05) is 16.7 Å². The molecule has 0 bridgehead atoms. The van der Waals surface area contributed by atoms with Crippen LogP contribution in [0.3, 0.4) is 0 Å². The number of benzene rings is 4. The van der Waals surface area contributed by atoms with Crippen LogP contribution in [0.2, 0.25) is 0 Å². The minimum Gasteiger partial charge on any atom is -0.207 e. The molecule has 28 heavy (non-hydrogen) atoms. The van der Waals surface area contributed by atoms with Crippen LogP contribution in [0.4, 0.5) is 8.78 Å². The fourth-order valence-electron chi connectivity index (χ4n) is 3.18. The predicted octanol–water partition coefficient (Wildman–Crippen LogP) is 6.75. The van der Waals surface area contributed by atoms with Gasteiger partial charge in [-0.2, -0.15) is 0 Å². The zero-order chi connectivity index (χ0) is 19.5. The highest BCUT2D eigenvalue weighted by Gasteiger charge is 2.05. The molecule has 2 heteroatoms. The Kier molecular flexibility index (Phi) is 4.91. The van der Waals surface area contributed by atoms with Gasteiger partial charge in [-0.05, 0) is 70.8 Å². The minimum atomic E-state index is -0.243. The van der Waals surface area contributed by atoms with Crippen molar-refractivity contribution in [2.75, 3.05) is 0 Å². The Bertz CT molecular complexity index is 1210. The lowest BCUT2D eigenvalue weighted by Gasteiger charge is -2.05. The molecule has 0 amide bonds. The second-order valence-corrected chi connectivity index (χ2v) is 6.70. The Hall–Kier alpha value is -3.44. The smallest absolute Gasteiger partial charge is 0.131 e. The molecule has 0 heterocycles. The van der Waals surface area contributed by atoms with Crippen LogP contribution in [-0.4, -0.2) is 0 Å². The fourth-order valence-corrected chi connectivity index (χ4v) is 3.18. The Morgan fingerprint density at radius 3 is 2.11 bits per heavy atom. The van der Waals surface area contributed by atoms with Crippen LogP contribution in [0.25, 0.3) is 21.9 Å². The Balaban J connectivity index is 1.58. The molecular weight excluding hydrogens is 350 g/mol. The Morgan fingerprint density at radius 1 is 0.679 bits per heavy atom. The van der Waals surface area contributed by atoms with Crippen LogP contribution in [0.15, 0.2) is 78.9 Å². The average molecular weight is 368 g/mol. The minimum absolute atomic E-state index is 0.203. The number of aryl methyl sites for hydroxylation is 1. The number of hydrogen-bond donors (Lipinski definition) is 0. The van der Waals surface area contributed by atoms with Gasteiger partial charge in [-0.3, -0.25) is 0 Å². The summed E-state index contributed by atoms with van der Waals surface area (Å²) in [6.07, 6.45) is 0.815. The predicted molar refractivity (Wildman–Crippen MR) is 111 cm³/mol. The molecule has 0 nitrogen and oxygen atoms in total. The molecule has 0 aromatic heterocycles. The van der Waals surface area contributed by atoms with Gasteiger partial charge in [-0.25, -0.2) is 8.78 Å². The van der Waals surface area contributed by atoms with E-state index in [0.29, 0.717) is 5.56 Å². The van der Waals surface area contributed by atoms with Gasteiger partial charge in [0.2, 0.25) is 0 Å². The third-order valence-electron chi connectivity index (χ3n) is 4.79. The van der Waals surface area contributed by atoms with Crippen LogP contribution in [0.5, 0.6) is 0 Å². The molecule has 0 aliphatic carbocycles. The maximum absolute atomic E-state index is 14.3. The third kappa shape index (κ3) is 3.80. The van der Waals surface area contributed by atoms with E-state index < -0.39 is 0 Å². The standard InChI is InChI=1S/C26H18F2/c1-2-18-8-14-25(26(28)16-18)21-9-5-19(6-10-21)3-4-20-7-11-23-17-24(27)13-12-22(23)15-20/h5-17H,2H2,1H3. The quantitative estimate of drug-likeness (QED) is 0.343. The van der Waals surface area contributed by atoms with Gasteiger partial charge in [0.25, 0.3) is 0 Å². The van der Waals surface area contributed by atoms with Crippen molar-refractivity contribution in [1.29, 1.82) is 0 Å². The molecule has 0 saturated carbocycles. The van der Waals surface area contributed by atoms with E-state index in [4.69, 9.17) is 0 Å². The third-order valence-corrected chi connectivity index (χ3v) is 4.79. The topological polar surface area (TPSA) is 0 Å². The largest absolute Gasteiger partial charge is 0.207 e. The summed E-state index contributed by atoms with van der Waals surface area (Å²) in [5, 5.41) is 1.81. The molecule has 0 spiro atoms. The second kappa shape index (κ2) is 7.66. The first-order valence-corrected chi connectivity index (χ1v) is 9.22. The summed E-state index contributed by atoms with van der Waals surface area (Å²) in [5.41, 5.74) is 4.14. The Labute approximate surface area is 163 Å². The molecule has 4 aromatic carbocycles. The van der Waals surface area contributed by atoms with Gasteiger partial charge in [-0.1, -0.05) is 55.2 Å². The van der Waals surface area contributed by atoms with Crippen molar-refractivity contribution in [2.45, 2.75) is 13.3 Å². The number of hydrogen-bond acceptors (Lipinski definition) is 0. The maximum atomic E-state index is 14.3. The molecule has 0 atom stereocenters. The molecule has 0 N–H and O–H groups in total. The highest BCUT2D eigenvalue weighted by molar-refractivity contribution is 5.84. The van der Waals surface area contributed by atoms with Crippen molar-refractivity contribution in [1.82, 2.24) is 0 Å². The summed E-state index contributed by atoms with van der Waals surface area (Å²) in [5.74, 6) is 5.82. The van der Waals surface area contributed by atoms with E-state index in [0.717, 1.165) is 39.4 Å². The van der Waals surface area contributed by atoms with Crippen molar-refractivity contribution >= 4 is 10.8 Å². The van der Waals surface area contributed by atoms with Crippen molar-refractivity contribution in [3.8, 4) is 23.0 Å². The van der Waals surface area contributed by atoms with Gasteiger partial charge < -0.3 is 0 Å². The van der Waals surface area contributed by atoms with Crippen LogP contribution in [0, 0.1) is 23.5 Å². The first-order valence-electron chi connectivity index (χ1n) is 9.22. The summed E-state index contributed by atoms with van der Waals surface area (Å²) in [7, 11) is 0. The normalized spacial score (nSPS) is 10.5. The molecule has 0 fully saturated rings. The van der Waals surface area contributed by atoms with E-state index in [1.54, 1.807) is 12.1 Å². The summed E-state index contributed by atoms with van der Waals surface area (Å²) in [6.45, 7) is 2.01. The monoisotopic (exact) mass is 368 g/mol. The lowest BCUT2D eigenvalue weighted by Crippen LogP contribution is -1.88. The lowest BCUT2D eigenvalue weighted by molar-refractivity contribution is 0.629. The van der Waals surface area contributed by atoms with Crippen molar-refractivity contribution in [2.24, 2.45) is 0 Å². The molecule has 0 aliphatic heterocycles. The lowest BCUT2D eigenvalue weighted by atomic mass is 10.0. The molecule has 0 saturated heterocycles. The Morgan fingerprint density at radius 2 is 1.36 bits per heavy atom. The highest BCUT2D eigenvalue weighted by atomic mass is 19.1. The maximum Gasteiger partial charge on any atom is 0.131 e. The highest BCUT2D eigenvalue weighted by Crippen LogP contribution is 2.24. The van der Waals surface area contributed by atoms with E-state index in [1.807, 2.05) is 61.5 Å². The first kappa shape index (κ1) is 17.9. The van der Waals surface area contributed by atoms with Gasteiger partial charge in [0.05, 0.1) is 0 Å². The second-order valence-electron chi connectivity index (χ2n) is 6.70. The first-order chi connectivity index (χ1) is 13.6. The van der Waals surface area contributed by atoms with Crippen LogP contribution in [0.1, 0.15) is 23.6 Å². The zero-order valence-corrected chi connectivity index (χ0v) is 15.5. The van der Waals surface area contributed by atoms with Crippen LogP contribution >= 0.6 is 0 Å². The van der Waals surface area contributed by atoms with E-state index in [-0.39, 0.29) is 11.6 Å². The van der Waals surface area contributed by atoms with Crippen LogP contribution < -0.4 is 0 Å². The molecular formula is C26H18F2. The fraction of sp³-hybridized carbons (Fsp3) is 0.0769. The van der Waals surface area contributed by atoms with E-state index in [2.05, 4.69) is 11.8 Å². The molecule has 4 rings (SSSR count). The van der Waals surface area contributed by atoms with Crippen molar-refractivity contribution in [3.05, 3.63) is 107 Å². The molecule has 0 unspecified atom stereocenters. The van der Waals surface area contributed by atoms with Crippen LogP contribution in [-0.2, 0) is 6.42 Å². The average Bonchev–Trinajstić information content (AvgIpc) is 2.72. The van der Waals surface area contributed by atoms with Gasteiger partial charge in [0.15, 0.2) is 0 Å². The summed E-state index contributed by atoms with van der Waals surface area (Å²) < 4.78 is 27.6. The van der Waals surface area contributed by atoms with Gasteiger partial charge >= 0.3 is 0 Å².